The van der Waals surface area contributed by atoms with E-state index in [1.54, 1.807) is 0 Å². The van der Waals surface area contributed by atoms with Gasteiger partial charge in [-0.05, 0) is 44.4 Å². The van der Waals surface area contributed by atoms with Crippen molar-refractivity contribution in [3.8, 4) is 0 Å². The zero-order valence-electron chi connectivity index (χ0n) is 10.0. The Labute approximate surface area is 96.9 Å². The van der Waals surface area contributed by atoms with Gasteiger partial charge in [-0.3, -0.25) is 0 Å². The summed E-state index contributed by atoms with van der Waals surface area (Å²) in [6.45, 7) is 5.59. The van der Waals surface area contributed by atoms with Gasteiger partial charge in [0.1, 0.15) is 0 Å². The summed E-state index contributed by atoms with van der Waals surface area (Å²) in [4.78, 5) is 2.21. The van der Waals surface area contributed by atoms with Crippen LogP contribution in [0.5, 0.6) is 0 Å². The molecular formula is C13H20N2O. The van der Waals surface area contributed by atoms with Crippen molar-refractivity contribution in [3.05, 3.63) is 23.8 Å². The van der Waals surface area contributed by atoms with Gasteiger partial charge in [-0.25, -0.2) is 0 Å². The van der Waals surface area contributed by atoms with Crippen molar-refractivity contribution >= 4 is 11.4 Å². The molecule has 3 N–H and O–H groups in total. The van der Waals surface area contributed by atoms with Gasteiger partial charge >= 0.3 is 0 Å². The Bertz CT molecular complexity index is 388. The van der Waals surface area contributed by atoms with Gasteiger partial charge in [0.15, 0.2) is 0 Å². The van der Waals surface area contributed by atoms with Crippen LogP contribution in [0.2, 0.25) is 0 Å². The number of aliphatic hydroxyl groups is 1. The molecule has 0 aliphatic carbocycles. The summed E-state index contributed by atoms with van der Waals surface area (Å²) in [5.74, 6) is 0. The minimum Gasteiger partial charge on any atom is -0.398 e. The summed E-state index contributed by atoms with van der Waals surface area (Å²) in [7, 11) is 0. The maximum atomic E-state index is 10.1. The van der Waals surface area contributed by atoms with E-state index in [0.717, 1.165) is 36.3 Å². The zero-order valence-corrected chi connectivity index (χ0v) is 10.0. The monoisotopic (exact) mass is 220 g/mol. The largest absolute Gasteiger partial charge is 0.398 e. The number of hydrogen-bond acceptors (Lipinski definition) is 3. The van der Waals surface area contributed by atoms with Crippen LogP contribution < -0.4 is 10.6 Å². The van der Waals surface area contributed by atoms with Crippen molar-refractivity contribution in [1.82, 2.24) is 0 Å². The maximum absolute atomic E-state index is 10.1. The van der Waals surface area contributed by atoms with E-state index in [1.165, 1.54) is 0 Å². The fourth-order valence-electron chi connectivity index (χ4n) is 2.26. The number of piperidine rings is 1. The molecule has 1 aromatic rings. The average molecular weight is 220 g/mol. The lowest BCUT2D eigenvalue weighted by molar-refractivity contribution is 0.0449. The molecule has 0 spiro atoms. The molecule has 1 atom stereocenters. The van der Waals surface area contributed by atoms with E-state index in [1.807, 2.05) is 26.0 Å². The predicted molar refractivity (Wildman–Crippen MR) is 67.7 cm³/mol. The molecule has 1 saturated heterocycles. The average Bonchev–Trinajstić information content (AvgIpc) is 2.20. The number of anilines is 2. The number of nitrogens with zero attached hydrogens (tertiary/aromatic N) is 1. The lowest BCUT2D eigenvalue weighted by Gasteiger charge is -2.38. The molecule has 0 aromatic heterocycles. The first-order valence-electron chi connectivity index (χ1n) is 5.81. The first-order valence-corrected chi connectivity index (χ1v) is 5.81. The number of nitrogens with two attached hydrogens (primary N) is 1. The molecule has 3 nitrogen and oxygen atoms in total. The molecule has 1 aromatic carbocycles. The molecule has 0 amide bonds. The van der Waals surface area contributed by atoms with E-state index in [-0.39, 0.29) is 0 Å². The third-order valence-electron chi connectivity index (χ3n) is 3.30. The van der Waals surface area contributed by atoms with Gasteiger partial charge in [-0.15, -0.1) is 0 Å². The fraction of sp³-hybridized carbons (Fsp3) is 0.538. The molecule has 1 fully saturated rings. The first-order chi connectivity index (χ1) is 7.48. The van der Waals surface area contributed by atoms with E-state index in [4.69, 9.17) is 5.73 Å². The topological polar surface area (TPSA) is 49.5 Å². The molecule has 1 unspecified atom stereocenters. The summed E-state index contributed by atoms with van der Waals surface area (Å²) >= 11 is 0. The number of benzene rings is 1. The quantitative estimate of drug-likeness (QED) is 0.711. The van der Waals surface area contributed by atoms with Crippen LogP contribution >= 0.6 is 0 Å². The highest BCUT2D eigenvalue weighted by Crippen LogP contribution is 2.27. The highest BCUT2D eigenvalue weighted by atomic mass is 16.3. The van der Waals surface area contributed by atoms with E-state index >= 15 is 0 Å². The third-order valence-corrected chi connectivity index (χ3v) is 3.30. The van der Waals surface area contributed by atoms with Crippen molar-refractivity contribution in [3.63, 3.8) is 0 Å². The van der Waals surface area contributed by atoms with Crippen molar-refractivity contribution in [1.29, 1.82) is 0 Å². The van der Waals surface area contributed by atoms with Crippen LogP contribution in [0.3, 0.4) is 0 Å². The summed E-state index contributed by atoms with van der Waals surface area (Å²) in [6, 6.07) is 6.11. The predicted octanol–water partition coefficient (Wildman–Crippen LogP) is 1.93. The van der Waals surface area contributed by atoms with Crippen molar-refractivity contribution in [2.45, 2.75) is 32.3 Å². The Morgan fingerprint density at radius 3 is 2.81 bits per heavy atom. The van der Waals surface area contributed by atoms with E-state index < -0.39 is 5.60 Å². The van der Waals surface area contributed by atoms with Crippen LogP contribution in [-0.2, 0) is 0 Å². The minimum absolute atomic E-state index is 0.572. The number of hydrogen-bond donors (Lipinski definition) is 2. The van der Waals surface area contributed by atoms with Gasteiger partial charge in [-0.1, -0.05) is 6.07 Å². The van der Waals surface area contributed by atoms with E-state index in [2.05, 4.69) is 11.0 Å². The smallest absolute Gasteiger partial charge is 0.0794 e. The number of rotatable bonds is 1. The minimum atomic E-state index is -0.572. The highest BCUT2D eigenvalue weighted by molar-refractivity contribution is 5.60. The Hall–Kier alpha value is -1.22. The molecule has 1 aliphatic heterocycles. The van der Waals surface area contributed by atoms with E-state index in [9.17, 15) is 5.11 Å². The number of β-amino-alcohol motifs (C(OH)–C–C–N with tert-alkyl or cyclic N) is 1. The van der Waals surface area contributed by atoms with Crippen LogP contribution in [0, 0.1) is 6.92 Å². The molecule has 0 radical (unpaired) electrons. The Balaban J connectivity index is 2.20. The molecule has 88 valence electrons. The standard InChI is InChI=1S/C13H20N2O/c1-10-4-5-11(8-12(10)14)15-7-3-6-13(2,16)9-15/h4-5,8,16H,3,6-7,9,14H2,1-2H3. The normalized spacial score (nSPS) is 25.8. The lowest BCUT2D eigenvalue weighted by Crippen LogP contribution is -2.46. The fourth-order valence-corrected chi connectivity index (χ4v) is 2.26. The van der Waals surface area contributed by atoms with E-state index in [0.29, 0.717) is 6.54 Å². The Morgan fingerprint density at radius 2 is 2.19 bits per heavy atom. The van der Waals surface area contributed by atoms with Gasteiger partial charge in [0.25, 0.3) is 0 Å². The summed E-state index contributed by atoms with van der Waals surface area (Å²) in [5, 5.41) is 10.1. The van der Waals surface area contributed by atoms with Gasteiger partial charge in [0.05, 0.1) is 5.60 Å². The highest BCUT2D eigenvalue weighted by Gasteiger charge is 2.28. The van der Waals surface area contributed by atoms with Crippen molar-refractivity contribution < 1.29 is 5.11 Å². The second kappa shape index (κ2) is 3.98. The number of aryl methyl sites for hydroxylation is 1. The van der Waals surface area contributed by atoms with Crippen molar-refractivity contribution in [2.24, 2.45) is 0 Å². The molecule has 0 saturated carbocycles. The SMILES string of the molecule is Cc1ccc(N2CCCC(C)(O)C2)cc1N. The molecule has 16 heavy (non-hydrogen) atoms. The van der Waals surface area contributed by atoms with Gasteiger partial charge in [0.2, 0.25) is 0 Å². The molecule has 1 heterocycles. The maximum Gasteiger partial charge on any atom is 0.0794 e. The Kier molecular flexibility index (Phi) is 2.80. The first kappa shape index (κ1) is 11.3. The summed E-state index contributed by atoms with van der Waals surface area (Å²) in [5.41, 5.74) is 8.37. The van der Waals surface area contributed by atoms with Crippen LogP contribution in [0.25, 0.3) is 0 Å². The van der Waals surface area contributed by atoms with Crippen LogP contribution in [-0.4, -0.2) is 23.8 Å². The lowest BCUT2D eigenvalue weighted by atomic mass is 9.94. The van der Waals surface area contributed by atoms with Gasteiger partial charge in [0, 0.05) is 24.5 Å². The van der Waals surface area contributed by atoms with Crippen molar-refractivity contribution in [2.75, 3.05) is 23.7 Å². The molecule has 3 heteroatoms. The second-order valence-corrected chi connectivity index (χ2v) is 5.06. The molecule has 1 aliphatic rings. The van der Waals surface area contributed by atoms with Gasteiger partial charge < -0.3 is 15.7 Å². The van der Waals surface area contributed by atoms with Crippen LogP contribution in [0.1, 0.15) is 25.3 Å². The second-order valence-electron chi connectivity index (χ2n) is 5.06. The third kappa shape index (κ3) is 2.30. The Morgan fingerprint density at radius 1 is 1.44 bits per heavy atom. The summed E-state index contributed by atoms with van der Waals surface area (Å²) < 4.78 is 0. The zero-order chi connectivity index (χ0) is 11.8. The van der Waals surface area contributed by atoms with Crippen LogP contribution in [0.4, 0.5) is 11.4 Å². The molecule has 2 rings (SSSR count). The molecule has 0 bridgehead atoms. The van der Waals surface area contributed by atoms with Gasteiger partial charge in [-0.2, -0.15) is 0 Å². The number of nitrogen functional groups attached to an aromatic ring is 1. The van der Waals surface area contributed by atoms with Crippen LogP contribution in [0.15, 0.2) is 18.2 Å². The summed E-state index contributed by atoms with van der Waals surface area (Å²) in [6.07, 6.45) is 1.91. The molecular weight excluding hydrogens is 200 g/mol.